The van der Waals surface area contributed by atoms with Crippen molar-refractivity contribution in [1.82, 2.24) is 10.2 Å². The minimum atomic E-state index is 0.104. The van der Waals surface area contributed by atoms with Gasteiger partial charge in [0, 0.05) is 13.7 Å². The fraction of sp³-hybridized carbons (Fsp3) is 1.00. The predicted molar refractivity (Wildman–Crippen MR) is 71.3 cm³/mol. The molecule has 0 amide bonds. The van der Waals surface area contributed by atoms with Crippen molar-refractivity contribution in [2.24, 2.45) is 5.92 Å². The van der Waals surface area contributed by atoms with Gasteiger partial charge < -0.3 is 15.0 Å². The largest absolute Gasteiger partial charge is 0.377 e. The molecule has 0 aromatic carbocycles. The molecule has 1 N–H and O–H groups in total. The smallest absolute Gasteiger partial charge is 0.0777 e. The van der Waals surface area contributed by atoms with Gasteiger partial charge in [0.2, 0.25) is 0 Å². The van der Waals surface area contributed by atoms with Gasteiger partial charge in [-0.25, -0.2) is 0 Å². The summed E-state index contributed by atoms with van der Waals surface area (Å²) in [6, 6.07) is 0. The third-order valence-corrected chi connectivity index (χ3v) is 4.54. The van der Waals surface area contributed by atoms with Crippen LogP contribution >= 0.6 is 0 Å². The zero-order valence-corrected chi connectivity index (χ0v) is 11.5. The van der Waals surface area contributed by atoms with Gasteiger partial charge in [0.05, 0.1) is 5.60 Å². The molecular weight excluding hydrogens is 212 g/mol. The van der Waals surface area contributed by atoms with E-state index in [1.807, 2.05) is 7.11 Å². The van der Waals surface area contributed by atoms with E-state index in [9.17, 15) is 0 Å². The Balaban J connectivity index is 1.71. The Morgan fingerprint density at radius 2 is 2.12 bits per heavy atom. The van der Waals surface area contributed by atoms with Crippen molar-refractivity contribution >= 4 is 0 Å². The van der Waals surface area contributed by atoms with E-state index in [1.54, 1.807) is 0 Å². The van der Waals surface area contributed by atoms with E-state index in [0.717, 1.165) is 12.5 Å². The Labute approximate surface area is 106 Å². The molecule has 0 aromatic rings. The first kappa shape index (κ1) is 13.3. The van der Waals surface area contributed by atoms with Crippen molar-refractivity contribution in [3.05, 3.63) is 0 Å². The summed E-state index contributed by atoms with van der Waals surface area (Å²) in [5.74, 6) is 0.951. The molecule has 2 aliphatic rings. The summed E-state index contributed by atoms with van der Waals surface area (Å²) in [4.78, 5) is 2.61. The second kappa shape index (κ2) is 6.17. The second-order valence-corrected chi connectivity index (χ2v) is 6.02. The Bertz CT molecular complexity index is 228. The van der Waals surface area contributed by atoms with E-state index in [-0.39, 0.29) is 5.60 Å². The summed E-state index contributed by atoms with van der Waals surface area (Å²) in [6.07, 6.45) is 6.62. The molecule has 1 unspecified atom stereocenters. The Morgan fingerprint density at radius 1 is 1.35 bits per heavy atom. The highest BCUT2D eigenvalue weighted by Crippen LogP contribution is 2.25. The average Bonchev–Trinajstić information content (AvgIpc) is 2.38. The molecule has 2 fully saturated rings. The molecule has 100 valence electrons. The molecule has 3 nitrogen and oxygen atoms in total. The highest BCUT2D eigenvalue weighted by molar-refractivity contribution is 4.85. The Hall–Kier alpha value is -0.120. The van der Waals surface area contributed by atoms with E-state index >= 15 is 0 Å². The van der Waals surface area contributed by atoms with Crippen LogP contribution in [-0.2, 0) is 4.74 Å². The second-order valence-electron chi connectivity index (χ2n) is 6.02. The zero-order valence-electron chi connectivity index (χ0n) is 11.5. The van der Waals surface area contributed by atoms with Gasteiger partial charge in [-0.15, -0.1) is 0 Å². The maximum atomic E-state index is 5.65. The SMILES string of the molecule is COC1(C)CCCN(CCC2CCNCC2)C1. The number of hydrogen-bond acceptors (Lipinski definition) is 3. The third kappa shape index (κ3) is 3.94. The fourth-order valence-electron chi connectivity index (χ4n) is 3.20. The van der Waals surface area contributed by atoms with Crippen molar-refractivity contribution in [3.8, 4) is 0 Å². The van der Waals surface area contributed by atoms with Crippen LogP contribution in [0.3, 0.4) is 0 Å². The highest BCUT2D eigenvalue weighted by atomic mass is 16.5. The van der Waals surface area contributed by atoms with E-state index in [0.29, 0.717) is 0 Å². The van der Waals surface area contributed by atoms with Crippen molar-refractivity contribution in [2.45, 2.75) is 44.6 Å². The number of likely N-dealkylation sites (tertiary alicyclic amines) is 1. The molecule has 17 heavy (non-hydrogen) atoms. The molecule has 2 heterocycles. The van der Waals surface area contributed by atoms with Gasteiger partial charge >= 0.3 is 0 Å². The molecular formula is C14H28N2O. The van der Waals surface area contributed by atoms with E-state index in [2.05, 4.69) is 17.1 Å². The fourth-order valence-corrected chi connectivity index (χ4v) is 3.20. The summed E-state index contributed by atoms with van der Waals surface area (Å²) in [5.41, 5.74) is 0.104. The number of ether oxygens (including phenoxy) is 1. The van der Waals surface area contributed by atoms with Crippen LogP contribution < -0.4 is 5.32 Å². The molecule has 2 saturated heterocycles. The summed E-state index contributed by atoms with van der Waals surface area (Å²) in [6.45, 7) is 8.35. The van der Waals surface area contributed by atoms with Crippen molar-refractivity contribution in [1.29, 1.82) is 0 Å². The number of piperidine rings is 2. The van der Waals surface area contributed by atoms with Gasteiger partial charge in [0.25, 0.3) is 0 Å². The lowest BCUT2D eigenvalue weighted by atomic mass is 9.92. The molecule has 3 heteroatoms. The van der Waals surface area contributed by atoms with Crippen molar-refractivity contribution in [3.63, 3.8) is 0 Å². The Kier molecular flexibility index (Phi) is 4.83. The number of methoxy groups -OCH3 is 1. The van der Waals surface area contributed by atoms with E-state index < -0.39 is 0 Å². The zero-order chi connectivity index (χ0) is 12.1. The number of hydrogen-bond donors (Lipinski definition) is 1. The van der Waals surface area contributed by atoms with E-state index in [1.165, 1.54) is 58.3 Å². The van der Waals surface area contributed by atoms with Crippen LogP contribution in [0.1, 0.15) is 39.0 Å². The first-order valence-corrected chi connectivity index (χ1v) is 7.20. The quantitative estimate of drug-likeness (QED) is 0.812. The minimum absolute atomic E-state index is 0.104. The molecule has 2 rings (SSSR count). The third-order valence-electron chi connectivity index (χ3n) is 4.54. The van der Waals surface area contributed by atoms with E-state index in [4.69, 9.17) is 4.74 Å². The number of nitrogens with zero attached hydrogens (tertiary/aromatic N) is 1. The lowest BCUT2D eigenvalue weighted by Gasteiger charge is -2.40. The normalized spacial score (nSPS) is 32.8. The van der Waals surface area contributed by atoms with Crippen LogP contribution in [0.4, 0.5) is 0 Å². The number of nitrogens with one attached hydrogen (secondary N) is 1. The summed E-state index contributed by atoms with van der Waals surface area (Å²) >= 11 is 0. The van der Waals surface area contributed by atoms with Crippen molar-refractivity contribution < 1.29 is 4.74 Å². The Morgan fingerprint density at radius 3 is 2.82 bits per heavy atom. The van der Waals surface area contributed by atoms with Crippen LogP contribution in [0.2, 0.25) is 0 Å². The van der Waals surface area contributed by atoms with Gasteiger partial charge in [0.1, 0.15) is 0 Å². The molecule has 0 saturated carbocycles. The maximum Gasteiger partial charge on any atom is 0.0777 e. The minimum Gasteiger partial charge on any atom is -0.377 e. The lowest BCUT2D eigenvalue weighted by Crippen LogP contribution is -2.47. The number of rotatable bonds is 4. The summed E-state index contributed by atoms with van der Waals surface area (Å²) in [5, 5.41) is 3.44. The van der Waals surface area contributed by atoms with Crippen molar-refractivity contribution in [2.75, 3.05) is 39.8 Å². The molecule has 2 aliphatic heterocycles. The molecule has 1 atom stereocenters. The van der Waals surface area contributed by atoms with Gasteiger partial charge in [-0.1, -0.05) is 0 Å². The highest BCUT2D eigenvalue weighted by Gasteiger charge is 2.30. The first-order chi connectivity index (χ1) is 8.22. The van der Waals surface area contributed by atoms with Gasteiger partial charge in [0.15, 0.2) is 0 Å². The molecule has 0 bridgehead atoms. The van der Waals surface area contributed by atoms with Crippen LogP contribution in [0.25, 0.3) is 0 Å². The summed E-state index contributed by atoms with van der Waals surface area (Å²) < 4.78 is 5.65. The predicted octanol–water partition coefficient (Wildman–Crippen LogP) is 1.88. The maximum absolute atomic E-state index is 5.65. The monoisotopic (exact) mass is 240 g/mol. The standard InChI is InChI=1S/C14H28N2O/c1-14(17-2)7-3-10-16(12-14)11-6-13-4-8-15-9-5-13/h13,15H,3-12H2,1-2H3. The first-order valence-electron chi connectivity index (χ1n) is 7.20. The van der Waals surface area contributed by atoms with Crippen LogP contribution in [0, 0.1) is 5.92 Å². The summed E-state index contributed by atoms with van der Waals surface area (Å²) in [7, 11) is 1.86. The van der Waals surface area contributed by atoms with Crippen LogP contribution in [-0.4, -0.2) is 50.3 Å². The van der Waals surface area contributed by atoms with Gasteiger partial charge in [-0.05, 0) is 71.1 Å². The average molecular weight is 240 g/mol. The topological polar surface area (TPSA) is 24.5 Å². The molecule has 0 aliphatic carbocycles. The van der Waals surface area contributed by atoms with Gasteiger partial charge in [-0.3, -0.25) is 0 Å². The molecule has 0 aromatic heterocycles. The van der Waals surface area contributed by atoms with Crippen LogP contribution in [0.15, 0.2) is 0 Å². The molecule has 0 spiro atoms. The van der Waals surface area contributed by atoms with Gasteiger partial charge in [-0.2, -0.15) is 0 Å². The molecule has 0 radical (unpaired) electrons. The van der Waals surface area contributed by atoms with Crippen LogP contribution in [0.5, 0.6) is 0 Å². The lowest BCUT2D eigenvalue weighted by molar-refractivity contribution is -0.0516.